The molecule has 0 aromatic rings. The maximum absolute atomic E-state index is 6.43. The van der Waals surface area contributed by atoms with Gasteiger partial charge in [-0.15, -0.1) is 0 Å². The van der Waals surface area contributed by atoms with Gasteiger partial charge in [-0.05, 0) is 148 Å². The minimum Gasteiger partial charge on any atom is -0.365 e. The van der Waals surface area contributed by atoms with Crippen LogP contribution in [-0.4, -0.2) is 12.2 Å². The van der Waals surface area contributed by atoms with Crippen molar-refractivity contribution >= 4 is 136 Å². The van der Waals surface area contributed by atoms with Crippen LogP contribution in [0, 0.1) is 0 Å². The molecule has 0 aliphatic heterocycles. The molecule has 0 fully saturated rings. The van der Waals surface area contributed by atoms with Crippen LogP contribution >= 0.6 is 136 Å². The zero-order chi connectivity index (χ0) is 15.0. The van der Waals surface area contributed by atoms with E-state index in [9.17, 15) is 0 Å². The van der Waals surface area contributed by atoms with Gasteiger partial charge in [-0.3, -0.25) is 0 Å². The Labute approximate surface area is 198 Å². The van der Waals surface area contributed by atoms with E-state index in [4.69, 9.17) is 4.74 Å². The van der Waals surface area contributed by atoms with Gasteiger partial charge >= 0.3 is 0 Å². The van der Waals surface area contributed by atoms with Crippen molar-refractivity contribution in [2.24, 2.45) is 0 Å². The molecule has 0 heterocycles. The second-order valence-corrected chi connectivity index (χ2v) is 14.7. The van der Waals surface area contributed by atoms with Gasteiger partial charge in [0.15, 0.2) is 0 Å². The van der Waals surface area contributed by atoms with E-state index in [1.54, 1.807) is 0 Å². The molecule has 0 aliphatic rings. The van der Waals surface area contributed by atoms with E-state index >= 15 is 0 Å². The van der Waals surface area contributed by atoms with E-state index in [2.05, 4.69) is 149 Å². The normalized spacial score (nSPS) is 13.9. The second-order valence-electron chi connectivity index (χ2n) is 3.91. The standard InChI is InChI=1S/C12H16I6O/c1-3-5-7(9(13)11(15)16)19-8(6-4-2)10(14)12(17)18/h7-8H,3-6H2,1-2H3. The first-order valence-electron chi connectivity index (χ1n) is 5.91. The summed E-state index contributed by atoms with van der Waals surface area (Å²) in [5.41, 5.74) is 0. The van der Waals surface area contributed by atoms with Crippen molar-refractivity contribution in [3.63, 3.8) is 0 Å². The molecule has 7 heteroatoms. The minimum atomic E-state index is 0.239. The van der Waals surface area contributed by atoms with Gasteiger partial charge in [-0.1, -0.05) is 26.7 Å². The second kappa shape index (κ2) is 13.1. The summed E-state index contributed by atoms with van der Waals surface area (Å²) in [5.74, 6) is 0. The molecule has 0 bridgehead atoms. The molecule has 2 atom stereocenters. The van der Waals surface area contributed by atoms with E-state index in [-0.39, 0.29) is 12.2 Å². The molecule has 0 aromatic carbocycles. The van der Waals surface area contributed by atoms with E-state index in [1.165, 1.54) is 10.3 Å². The quantitative estimate of drug-likeness (QED) is 0.223. The Balaban J connectivity index is 5.06. The van der Waals surface area contributed by atoms with Crippen molar-refractivity contribution in [2.75, 3.05) is 0 Å². The SMILES string of the molecule is CCCC(OC(CCC)C(I)=C(I)I)C(I)=C(I)I. The van der Waals surface area contributed by atoms with Gasteiger partial charge in [-0.25, -0.2) is 0 Å². The highest BCUT2D eigenvalue weighted by molar-refractivity contribution is 14.2. The average molecular weight is 938 g/mol. The van der Waals surface area contributed by atoms with Gasteiger partial charge in [0, 0.05) is 7.16 Å². The molecule has 0 N–H and O–H groups in total. The van der Waals surface area contributed by atoms with Crippen LogP contribution in [0.25, 0.3) is 0 Å². The molecular weight excluding hydrogens is 922 g/mol. The zero-order valence-corrected chi connectivity index (χ0v) is 23.6. The highest BCUT2D eigenvalue weighted by Crippen LogP contribution is 2.36. The summed E-state index contributed by atoms with van der Waals surface area (Å²) in [6.45, 7) is 4.44. The lowest BCUT2D eigenvalue weighted by Crippen LogP contribution is -2.23. The van der Waals surface area contributed by atoms with Gasteiger partial charge in [0.25, 0.3) is 0 Å². The van der Waals surface area contributed by atoms with Crippen LogP contribution in [0.5, 0.6) is 0 Å². The molecule has 0 aliphatic carbocycles. The van der Waals surface area contributed by atoms with Gasteiger partial charge in [0.2, 0.25) is 0 Å². The fourth-order valence-corrected chi connectivity index (χ4v) is 3.78. The molecular formula is C12H16I6O. The van der Waals surface area contributed by atoms with Crippen molar-refractivity contribution in [3.05, 3.63) is 10.3 Å². The van der Waals surface area contributed by atoms with Crippen LogP contribution in [0.2, 0.25) is 0 Å². The fourth-order valence-electron chi connectivity index (χ4n) is 1.48. The third kappa shape index (κ3) is 9.64. The summed E-state index contributed by atoms with van der Waals surface area (Å²) in [6, 6.07) is 0. The lowest BCUT2D eigenvalue weighted by Gasteiger charge is -2.25. The predicted molar refractivity (Wildman–Crippen MR) is 137 cm³/mol. The summed E-state index contributed by atoms with van der Waals surface area (Å²) >= 11 is 14.4. The van der Waals surface area contributed by atoms with Crippen LogP contribution in [0.15, 0.2) is 10.3 Å². The number of hydrogen-bond acceptors (Lipinski definition) is 1. The van der Waals surface area contributed by atoms with E-state index in [0.717, 1.165) is 25.7 Å². The topological polar surface area (TPSA) is 9.23 Å². The molecule has 2 unspecified atom stereocenters. The van der Waals surface area contributed by atoms with Crippen molar-refractivity contribution in [1.29, 1.82) is 0 Å². The summed E-state index contributed by atoms with van der Waals surface area (Å²) in [7, 11) is 0. The predicted octanol–water partition coefficient (Wildman–Crippen LogP) is 8.29. The average Bonchev–Trinajstić information content (AvgIpc) is 2.35. The van der Waals surface area contributed by atoms with Gasteiger partial charge in [0.05, 0.1) is 15.4 Å². The van der Waals surface area contributed by atoms with E-state index in [0.29, 0.717) is 0 Å². The Hall–Kier alpha value is 3.82. The molecule has 19 heavy (non-hydrogen) atoms. The van der Waals surface area contributed by atoms with E-state index in [1.807, 2.05) is 0 Å². The Bertz CT molecular complexity index is 299. The van der Waals surface area contributed by atoms with Crippen LogP contribution in [0.3, 0.4) is 0 Å². The Morgan fingerprint density at radius 2 is 1.05 bits per heavy atom. The first-order valence-corrected chi connectivity index (χ1v) is 12.4. The summed E-state index contributed by atoms with van der Waals surface area (Å²) in [6.07, 6.45) is 4.97. The highest BCUT2D eigenvalue weighted by atomic mass is 127. The van der Waals surface area contributed by atoms with Crippen molar-refractivity contribution in [3.8, 4) is 0 Å². The van der Waals surface area contributed by atoms with Crippen LogP contribution in [0.1, 0.15) is 39.5 Å². The lowest BCUT2D eigenvalue weighted by molar-refractivity contribution is 0.0297. The molecule has 0 radical (unpaired) electrons. The molecule has 112 valence electrons. The fraction of sp³-hybridized carbons (Fsp3) is 0.667. The number of rotatable bonds is 8. The summed E-state index contributed by atoms with van der Waals surface area (Å²) in [4.78, 5) is 0. The third-order valence-electron chi connectivity index (χ3n) is 2.36. The van der Waals surface area contributed by atoms with Gasteiger partial charge < -0.3 is 4.74 Å². The Morgan fingerprint density at radius 3 is 1.26 bits per heavy atom. The van der Waals surface area contributed by atoms with Crippen LogP contribution in [-0.2, 0) is 4.74 Å². The minimum absolute atomic E-state index is 0.239. The number of ether oxygens (including phenoxy) is 1. The molecule has 0 rings (SSSR count). The Kier molecular flexibility index (Phi) is 15.8. The smallest absolute Gasteiger partial charge is 0.0905 e. The van der Waals surface area contributed by atoms with Crippen LogP contribution < -0.4 is 0 Å². The zero-order valence-electron chi connectivity index (χ0n) is 10.7. The summed E-state index contributed by atoms with van der Waals surface area (Å²) < 4.78 is 11.7. The number of hydrogen-bond donors (Lipinski definition) is 0. The first-order chi connectivity index (χ1) is 8.84. The van der Waals surface area contributed by atoms with Gasteiger partial charge in [-0.2, -0.15) is 0 Å². The van der Waals surface area contributed by atoms with Gasteiger partial charge in [0.1, 0.15) is 0 Å². The number of halogens is 6. The molecule has 0 spiro atoms. The van der Waals surface area contributed by atoms with E-state index < -0.39 is 0 Å². The van der Waals surface area contributed by atoms with Crippen molar-refractivity contribution < 1.29 is 4.74 Å². The highest BCUT2D eigenvalue weighted by Gasteiger charge is 2.22. The van der Waals surface area contributed by atoms with Crippen molar-refractivity contribution in [2.45, 2.75) is 51.7 Å². The molecule has 0 amide bonds. The first kappa shape index (κ1) is 22.8. The molecule has 0 aromatic heterocycles. The summed E-state index contributed by atoms with van der Waals surface area (Å²) in [5, 5.41) is 0. The monoisotopic (exact) mass is 938 g/mol. The molecule has 1 nitrogen and oxygen atoms in total. The largest absolute Gasteiger partial charge is 0.365 e. The molecule has 0 saturated carbocycles. The molecule has 0 saturated heterocycles. The third-order valence-corrected chi connectivity index (χ3v) is 11.3. The maximum atomic E-state index is 6.43. The van der Waals surface area contributed by atoms with Crippen LogP contribution in [0.4, 0.5) is 0 Å². The maximum Gasteiger partial charge on any atom is 0.0905 e. The lowest BCUT2D eigenvalue weighted by atomic mass is 10.1. The Morgan fingerprint density at radius 1 is 0.737 bits per heavy atom. The van der Waals surface area contributed by atoms with Crippen molar-refractivity contribution in [1.82, 2.24) is 0 Å².